The Hall–Kier alpha value is -0.743. The maximum absolute atomic E-state index is 10.3. The van der Waals surface area contributed by atoms with Gasteiger partial charge in [-0.05, 0) is 75.0 Å². The molecule has 0 aliphatic heterocycles. The third-order valence-corrected chi connectivity index (χ3v) is 6.10. The maximum atomic E-state index is 10.3. The second kappa shape index (κ2) is 33.3. The standard InChI is InChI=1S/2C8H16O2.2C6H12O2.Ce/c2*1-3-5-6-7(4-2)8(9)10;2*1-3-5(4-2)6(7)8;/h2*7H,3-6H2,1-2H3,(H,9,10);2*5H,3-4H2,1-2H3,(H,7,8);/q;;;;+4/p-4. The molecule has 2 atom stereocenters. The number of rotatable bonds is 16. The van der Waals surface area contributed by atoms with E-state index >= 15 is 0 Å². The molecule has 0 aromatic rings. The van der Waals surface area contributed by atoms with Crippen LogP contribution in [-0.4, -0.2) is 23.9 Å². The van der Waals surface area contributed by atoms with E-state index in [-0.39, 0.29) is 65.4 Å². The molecular formula is C28H52CeO8. The summed E-state index contributed by atoms with van der Waals surface area (Å²) < 4.78 is 0. The fourth-order valence-corrected chi connectivity index (χ4v) is 3.12. The van der Waals surface area contributed by atoms with E-state index in [4.69, 9.17) is 0 Å². The molecular weight excluding hydrogens is 604 g/mol. The van der Waals surface area contributed by atoms with E-state index < -0.39 is 23.9 Å². The van der Waals surface area contributed by atoms with Gasteiger partial charge in [-0.15, -0.1) is 0 Å². The summed E-state index contributed by atoms with van der Waals surface area (Å²) in [6.45, 7) is 15.3. The molecule has 0 heterocycles. The Labute approximate surface area is 259 Å². The van der Waals surface area contributed by atoms with Crippen LogP contribution in [0.3, 0.4) is 0 Å². The zero-order valence-electron chi connectivity index (χ0n) is 24.6. The summed E-state index contributed by atoms with van der Waals surface area (Å²) >= 11 is 0. The Morgan fingerprint density at radius 1 is 0.432 bits per heavy atom. The van der Waals surface area contributed by atoms with Crippen LogP contribution in [0.4, 0.5) is 0 Å². The molecule has 8 nitrogen and oxygen atoms in total. The molecule has 0 amide bonds. The predicted octanol–water partition coefficient (Wildman–Crippen LogP) is 2.25. The van der Waals surface area contributed by atoms with Gasteiger partial charge in [0.05, 0.1) is 0 Å². The quantitative estimate of drug-likeness (QED) is 0.245. The average Bonchev–Trinajstić information content (AvgIpc) is 2.82. The first kappa shape index (κ1) is 46.1. The van der Waals surface area contributed by atoms with Crippen molar-refractivity contribution in [3.05, 3.63) is 0 Å². The van der Waals surface area contributed by atoms with Crippen molar-refractivity contribution in [2.75, 3.05) is 0 Å². The maximum Gasteiger partial charge on any atom is 4.00 e. The smallest absolute Gasteiger partial charge is 0.550 e. The Morgan fingerprint density at radius 3 is 0.703 bits per heavy atom. The van der Waals surface area contributed by atoms with Crippen LogP contribution in [0, 0.1) is 65.4 Å². The van der Waals surface area contributed by atoms with Crippen molar-refractivity contribution < 1.29 is 81.4 Å². The van der Waals surface area contributed by atoms with Crippen molar-refractivity contribution in [1.29, 1.82) is 0 Å². The molecule has 0 saturated heterocycles. The first-order valence-electron chi connectivity index (χ1n) is 13.7. The van der Waals surface area contributed by atoms with E-state index in [2.05, 4.69) is 13.8 Å². The molecule has 0 aliphatic carbocycles. The summed E-state index contributed by atoms with van der Waals surface area (Å²) in [6, 6.07) is 0. The molecule has 0 spiro atoms. The molecule has 0 bridgehead atoms. The van der Waals surface area contributed by atoms with E-state index in [1.807, 2.05) is 41.5 Å². The van der Waals surface area contributed by atoms with Gasteiger partial charge < -0.3 is 39.6 Å². The number of carbonyl (C=O) groups is 4. The Morgan fingerprint density at radius 2 is 0.622 bits per heavy atom. The minimum absolute atomic E-state index is 0. The molecule has 0 N–H and O–H groups in total. The van der Waals surface area contributed by atoms with Gasteiger partial charge in [-0.3, -0.25) is 0 Å². The molecule has 9 heteroatoms. The summed E-state index contributed by atoms with van der Waals surface area (Å²) in [6.07, 6.45) is 9.76. The average molecular weight is 657 g/mol. The van der Waals surface area contributed by atoms with Crippen LogP contribution >= 0.6 is 0 Å². The summed E-state index contributed by atoms with van der Waals surface area (Å²) in [5.41, 5.74) is 0. The molecule has 37 heavy (non-hydrogen) atoms. The molecule has 0 aromatic heterocycles. The van der Waals surface area contributed by atoms with Crippen molar-refractivity contribution in [1.82, 2.24) is 0 Å². The van der Waals surface area contributed by atoms with Gasteiger partial charge in [0.15, 0.2) is 0 Å². The second-order valence-electron chi connectivity index (χ2n) is 8.80. The topological polar surface area (TPSA) is 161 Å². The summed E-state index contributed by atoms with van der Waals surface area (Å²) in [5, 5.41) is 40.8. The van der Waals surface area contributed by atoms with Gasteiger partial charge in [-0.1, -0.05) is 81.1 Å². The number of hydrogen-bond acceptors (Lipinski definition) is 8. The number of carbonyl (C=O) groups excluding carboxylic acids is 4. The molecule has 0 saturated carbocycles. The Balaban J connectivity index is -0.000000123. The summed E-state index contributed by atoms with van der Waals surface area (Å²) in [4.78, 5) is 40.8. The molecule has 0 radical (unpaired) electrons. The monoisotopic (exact) mass is 656 g/mol. The SMILES string of the molecule is CCC(CC)C(=O)[O-].CCC(CC)C(=O)[O-].CCCCC(CC)C(=O)[O-].CCCCC(CC)C(=O)[O-].[Ce+4]. The number of carboxylic acid groups (broad SMARTS) is 4. The van der Waals surface area contributed by atoms with Gasteiger partial charge in [0.25, 0.3) is 0 Å². The van der Waals surface area contributed by atoms with E-state index in [1.54, 1.807) is 0 Å². The van der Waals surface area contributed by atoms with E-state index in [0.29, 0.717) is 38.5 Å². The van der Waals surface area contributed by atoms with Crippen molar-refractivity contribution in [3.63, 3.8) is 0 Å². The zero-order valence-corrected chi connectivity index (χ0v) is 27.7. The van der Waals surface area contributed by atoms with Gasteiger partial charge in [0, 0.05) is 23.9 Å². The van der Waals surface area contributed by atoms with Gasteiger partial charge in [0.1, 0.15) is 0 Å². The Kier molecular flexibility index (Phi) is 41.5. The molecule has 216 valence electrons. The van der Waals surface area contributed by atoms with Crippen molar-refractivity contribution >= 4 is 23.9 Å². The zero-order chi connectivity index (χ0) is 29.1. The molecule has 0 rings (SSSR count). The van der Waals surface area contributed by atoms with Crippen LogP contribution in [-0.2, 0) is 19.2 Å². The predicted molar refractivity (Wildman–Crippen MR) is 135 cm³/mol. The fourth-order valence-electron chi connectivity index (χ4n) is 3.12. The first-order valence-corrected chi connectivity index (χ1v) is 13.7. The van der Waals surface area contributed by atoms with Crippen LogP contribution in [0.15, 0.2) is 0 Å². The number of unbranched alkanes of at least 4 members (excludes halogenated alkanes) is 2. The van der Waals surface area contributed by atoms with E-state index in [1.165, 1.54) is 0 Å². The largest absolute Gasteiger partial charge is 4.00 e. The van der Waals surface area contributed by atoms with Crippen molar-refractivity contribution in [2.45, 2.75) is 132 Å². The van der Waals surface area contributed by atoms with E-state index in [0.717, 1.165) is 38.5 Å². The minimum atomic E-state index is -0.921. The number of carboxylic acids is 4. The minimum Gasteiger partial charge on any atom is -0.550 e. The molecule has 0 aromatic carbocycles. The van der Waals surface area contributed by atoms with Crippen LogP contribution in [0.25, 0.3) is 0 Å². The van der Waals surface area contributed by atoms with Crippen molar-refractivity contribution in [3.8, 4) is 0 Å². The number of aliphatic carboxylic acids is 4. The molecule has 2 unspecified atom stereocenters. The van der Waals surface area contributed by atoms with Gasteiger partial charge in [-0.2, -0.15) is 0 Å². The van der Waals surface area contributed by atoms with Crippen LogP contribution in [0.2, 0.25) is 0 Å². The van der Waals surface area contributed by atoms with Gasteiger partial charge in [0.2, 0.25) is 0 Å². The summed E-state index contributed by atoms with van der Waals surface area (Å²) in [7, 11) is 0. The third kappa shape index (κ3) is 31.4. The first-order chi connectivity index (χ1) is 16.9. The van der Waals surface area contributed by atoms with Crippen LogP contribution in [0.5, 0.6) is 0 Å². The molecule has 0 fully saturated rings. The van der Waals surface area contributed by atoms with Crippen LogP contribution < -0.4 is 20.4 Å². The van der Waals surface area contributed by atoms with Gasteiger partial charge >= 0.3 is 41.7 Å². The van der Waals surface area contributed by atoms with Crippen molar-refractivity contribution in [2.24, 2.45) is 23.7 Å². The Bertz CT molecular complexity index is 498. The second-order valence-corrected chi connectivity index (χ2v) is 8.80. The van der Waals surface area contributed by atoms with Crippen LogP contribution in [0.1, 0.15) is 132 Å². The molecule has 0 aliphatic rings. The third-order valence-electron chi connectivity index (χ3n) is 6.10. The normalized spacial score (nSPS) is 11.3. The van der Waals surface area contributed by atoms with Gasteiger partial charge in [-0.25, -0.2) is 0 Å². The van der Waals surface area contributed by atoms with E-state index in [9.17, 15) is 39.6 Å². The fraction of sp³-hybridized carbons (Fsp3) is 0.857. The number of hydrogen-bond donors (Lipinski definition) is 0. The summed E-state index contributed by atoms with van der Waals surface area (Å²) in [5.74, 6) is -4.55.